The first-order valence-corrected chi connectivity index (χ1v) is 12.6. The summed E-state index contributed by atoms with van der Waals surface area (Å²) in [6.45, 7) is 1.35. The number of hydrogen-bond acceptors (Lipinski definition) is 3. The largest absolute Gasteiger partial charge is 0.435 e. The monoisotopic (exact) mass is 659 g/mol. The first-order valence-electron chi connectivity index (χ1n) is 11.0. The van der Waals surface area contributed by atoms with E-state index < -0.39 is 29.5 Å². The highest BCUT2D eigenvalue weighted by molar-refractivity contribution is 9.10. The fourth-order valence-corrected chi connectivity index (χ4v) is 4.41. The average molecular weight is 661 g/mol. The van der Waals surface area contributed by atoms with Gasteiger partial charge in [0.05, 0.1) is 31.5 Å². The Labute approximate surface area is 237 Å². The highest BCUT2D eigenvalue weighted by Crippen LogP contribution is 2.53. The van der Waals surface area contributed by atoms with E-state index in [2.05, 4.69) is 20.9 Å². The molecule has 2 N–H and O–H groups in total. The Bertz CT molecular complexity index is 1350. The summed E-state index contributed by atoms with van der Waals surface area (Å²) in [6.07, 6.45) is -10.8. The molecule has 3 rings (SSSR count). The number of benzene rings is 2. The van der Waals surface area contributed by atoms with Gasteiger partial charge in [0.25, 0.3) is 5.91 Å². The molecule has 0 spiro atoms. The summed E-state index contributed by atoms with van der Waals surface area (Å²) < 4.78 is 93.5. The van der Waals surface area contributed by atoms with E-state index in [1.54, 1.807) is 25.1 Å². The molecule has 0 unspecified atom stereocenters. The van der Waals surface area contributed by atoms with Gasteiger partial charge in [0.2, 0.25) is 0 Å². The van der Waals surface area contributed by atoms with E-state index in [0.29, 0.717) is 32.9 Å². The second kappa shape index (κ2) is 11.5. The number of pyridine rings is 1. The predicted molar refractivity (Wildman–Crippen MR) is 137 cm³/mol. The number of nitrogens with two attached hydrogens (primary N) is 1. The smallest absolute Gasteiger partial charge is 0.397 e. The van der Waals surface area contributed by atoms with E-state index in [1.165, 1.54) is 11.1 Å². The average Bonchev–Trinajstić information content (AvgIpc) is 2.84. The predicted octanol–water partition coefficient (Wildman–Crippen LogP) is 8.22. The molecule has 39 heavy (non-hydrogen) atoms. The SMILES string of the molecule is Cc1ncc(Br)c(N)c1C(=O)N(CCc1ccc(Cl)c(Cl)c1)Cc1ccc(C(F)(C(F)(F)F)C(F)(F)F)cc1. The van der Waals surface area contributed by atoms with Crippen molar-refractivity contribution in [1.29, 1.82) is 0 Å². The molecule has 0 aliphatic carbocycles. The van der Waals surface area contributed by atoms with E-state index in [-0.39, 0.29) is 41.3 Å². The minimum Gasteiger partial charge on any atom is -0.397 e. The van der Waals surface area contributed by atoms with Crippen LogP contribution in [0.25, 0.3) is 0 Å². The number of halogens is 10. The number of nitrogens with zero attached hydrogens (tertiary/aromatic N) is 2. The molecule has 1 aromatic heterocycles. The molecule has 2 aromatic carbocycles. The third-order valence-electron chi connectivity index (χ3n) is 5.92. The molecule has 3 aromatic rings. The molecule has 1 amide bonds. The lowest BCUT2D eigenvalue weighted by Gasteiger charge is -2.30. The van der Waals surface area contributed by atoms with Crippen LogP contribution in [-0.4, -0.2) is 34.7 Å². The zero-order valence-electron chi connectivity index (χ0n) is 19.9. The summed E-state index contributed by atoms with van der Waals surface area (Å²) >= 11 is 15.2. The molecule has 4 nitrogen and oxygen atoms in total. The zero-order valence-corrected chi connectivity index (χ0v) is 23.0. The van der Waals surface area contributed by atoms with Crippen LogP contribution in [0.3, 0.4) is 0 Å². The second-order valence-corrected chi connectivity index (χ2v) is 10.2. The van der Waals surface area contributed by atoms with Gasteiger partial charge in [-0.1, -0.05) is 53.5 Å². The molecule has 0 atom stereocenters. The normalized spacial score (nSPS) is 12.5. The Morgan fingerprint density at radius 3 is 2.05 bits per heavy atom. The van der Waals surface area contributed by atoms with E-state index >= 15 is 0 Å². The van der Waals surface area contributed by atoms with Gasteiger partial charge in [-0.05, 0) is 52.5 Å². The van der Waals surface area contributed by atoms with Gasteiger partial charge >= 0.3 is 18.0 Å². The Morgan fingerprint density at radius 2 is 1.51 bits per heavy atom. The molecular formula is C25H19BrCl2F7N3O. The van der Waals surface area contributed by atoms with E-state index in [1.807, 2.05) is 0 Å². The number of carbonyl (C=O) groups is 1. The van der Waals surface area contributed by atoms with Gasteiger partial charge in [-0.3, -0.25) is 9.78 Å². The van der Waals surface area contributed by atoms with Crippen LogP contribution in [0.4, 0.5) is 36.4 Å². The number of rotatable bonds is 7. The quantitative estimate of drug-likeness (QED) is 0.260. The minimum atomic E-state index is -6.24. The molecule has 0 saturated heterocycles. The maximum atomic E-state index is 14.4. The van der Waals surface area contributed by atoms with Crippen LogP contribution in [0.5, 0.6) is 0 Å². The van der Waals surface area contributed by atoms with E-state index in [9.17, 15) is 35.5 Å². The van der Waals surface area contributed by atoms with Crippen molar-refractivity contribution in [2.45, 2.75) is 37.9 Å². The minimum absolute atomic E-state index is 0.0437. The topological polar surface area (TPSA) is 59.2 Å². The summed E-state index contributed by atoms with van der Waals surface area (Å²) in [4.78, 5) is 19.0. The van der Waals surface area contributed by atoms with Crippen LogP contribution in [-0.2, 0) is 18.6 Å². The highest BCUT2D eigenvalue weighted by atomic mass is 79.9. The number of amides is 1. The van der Waals surface area contributed by atoms with Crippen LogP contribution in [0.2, 0.25) is 10.0 Å². The Hall–Kier alpha value is -2.57. The molecule has 0 aliphatic rings. The Balaban J connectivity index is 1.97. The van der Waals surface area contributed by atoms with Crippen molar-refractivity contribution in [3.63, 3.8) is 0 Å². The summed E-state index contributed by atoms with van der Waals surface area (Å²) in [7, 11) is 0. The molecule has 210 valence electrons. The standard InChI is InChI=1S/C25H19BrCl2F7N3O/c1-13-20(21(36)17(26)11-37-13)22(39)38(9-8-14-4-7-18(27)19(28)10-14)12-15-2-5-16(6-3-15)23(29,24(30,31)32)25(33,34)35/h2-7,10-11H,8-9,12H2,1H3,(H2,36,37). The number of anilines is 1. The number of hydrogen-bond donors (Lipinski definition) is 1. The molecule has 0 radical (unpaired) electrons. The van der Waals surface area contributed by atoms with Crippen LogP contribution in [0, 0.1) is 6.92 Å². The van der Waals surface area contributed by atoms with Gasteiger partial charge < -0.3 is 10.6 Å². The van der Waals surface area contributed by atoms with Crippen LogP contribution in [0.15, 0.2) is 53.1 Å². The maximum Gasteiger partial charge on any atom is 0.435 e. The number of aromatic nitrogens is 1. The lowest BCUT2D eigenvalue weighted by atomic mass is 9.93. The van der Waals surface area contributed by atoms with E-state index in [4.69, 9.17) is 28.9 Å². The van der Waals surface area contributed by atoms with Gasteiger partial charge in [0.15, 0.2) is 0 Å². The first-order chi connectivity index (χ1) is 18.0. The van der Waals surface area contributed by atoms with E-state index in [0.717, 1.165) is 12.1 Å². The summed E-state index contributed by atoms with van der Waals surface area (Å²) in [5.74, 6) is -0.589. The number of nitrogen functional groups attached to an aromatic ring is 1. The van der Waals surface area contributed by atoms with Crippen molar-refractivity contribution >= 4 is 50.7 Å². The number of alkyl halides is 7. The van der Waals surface area contributed by atoms with Crippen LogP contribution < -0.4 is 5.73 Å². The Kier molecular flexibility index (Phi) is 9.13. The van der Waals surface area contributed by atoms with Gasteiger partial charge in [-0.25, -0.2) is 4.39 Å². The second-order valence-electron chi connectivity index (χ2n) is 8.56. The molecule has 0 bridgehead atoms. The zero-order chi connectivity index (χ0) is 29.3. The molecule has 1 heterocycles. The van der Waals surface area contributed by atoms with Crippen LogP contribution >= 0.6 is 39.1 Å². The molecule has 0 saturated carbocycles. The molecule has 0 aliphatic heterocycles. The maximum absolute atomic E-state index is 14.4. The fraction of sp³-hybridized carbons (Fsp3) is 0.280. The highest BCUT2D eigenvalue weighted by Gasteiger charge is 2.73. The van der Waals surface area contributed by atoms with Crippen molar-refractivity contribution in [3.05, 3.63) is 91.1 Å². The van der Waals surface area contributed by atoms with Crippen molar-refractivity contribution < 1.29 is 35.5 Å². The van der Waals surface area contributed by atoms with Gasteiger partial charge in [0, 0.05) is 24.8 Å². The van der Waals surface area contributed by atoms with Gasteiger partial charge in [-0.15, -0.1) is 0 Å². The molecule has 14 heteroatoms. The summed E-state index contributed by atoms with van der Waals surface area (Å²) in [5, 5.41) is 0.599. The van der Waals surface area contributed by atoms with Crippen molar-refractivity contribution in [1.82, 2.24) is 9.88 Å². The third kappa shape index (κ3) is 6.44. The first kappa shape index (κ1) is 31.0. The molecule has 0 fully saturated rings. The van der Waals surface area contributed by atoms with Gasteiger partial charge in [0.1, 0.15) is 0 Å². The third-order valence-corrected chi connectivity index (χ3v) is 7.29. The Morgan fingerprint density at radius 1 is 0.949 bits per heavy atom. The number of carbonyl (C=O) groups excluding carboxylic acids is 1. The van der Waals surface area contributed by atoms with Crippen molar-refractivity contribution in [2.75, 3.05) is 12.3 Å². The van der Waals surface area contributed by atoms with Crippen molar-refractivity contribution in [3.8, 4) is 0 Å². The fourth-order valence-electron chi connectivity index (χ4n) is 3.79. The van der Waals surface area contributed by atoms with Crippen LogP contribution in [0.1, 0.15) is 32.7 Å². The van der Waals surface area contributed by atoms with Crippen molar-refractivity contribution in [2.24, 2.45) is 0 Å². The lowest BCUT2D eigenvalue weighted by molar-refractivity contribution is -0.348. The van der Waals surface area contributed by atoms with Gasteiger partial charge in [-0.2, -0.15) is 26.3 Å². The summed E-state index contributed by atoms with van der Waals surface area (Å²) in [5.41, 5.74) is 0.204. The lowest BCUT2D eigenvalue weighted by Crippen LogP contribution is -2.50. The number of aryl methyl sites for hydroxylation is 1. The summed E-state index contributed by atoms with van der Waals surface area (Å²) in [6, 6.07) is 7.44. The molecular weight excluding hydrogens is 642 g/mol.